The predicted molar refractivity (Wildman–Crippen MR) is 80.1 cm³/mol. The van der Waals surface area contributed by atoms with Crippen LogP contribution in [0.4, 0.5) is 0 Å². The van der Waals surface area contributed by atoms with E-state index in [0.29, 0.717) is 6.61 Å². The van der Waals surface area contributed by atoms with Crippen LogP contribution in [0.15, 0.2) is 60.7 Å². The molecule has 0 saturated heterocycles. The third-order valence-corrected chi connectivity index (χ3v) is 2.77. The molecule has 0 heterocycles. The van der Waals surface area contributed by atoms with Gasteiger partial charge in [0.2, 0.25) is 0 Å². The van der Waals surface area contributed by atoms with Crippen molar-refractivity contribution in [3.63, 3.8) is 0 Å². The summed E-state index contributed by atoms with van der Waals surface area (Å²) >= 11 is 4.17. The molecule has 2 aromatic rings. The number of ether oxygens (including phenoxy) is 1. The van der Waals surface area contributed by atoms with Gasteiger partial charge in [0, 0.05) is 11.3 Å². The molecule has 0 aliphatic carbocycles. The van der Waals surface area contributed by atoms with Gasteiger partial charge in [0.1, 0.15) is 12.4 Å². The molecule has 18 heavy (non-hydrogen) atoms. The molecule has 2 rings (SSSR count). The second-order valence-electron chi connectivity index (χ2n) is 3.90. The Bertz CT molecular complexity index is 506. The van der Waals surface area contributed by atoms with Crippen LogP contribution in [0.2, 0.25) is 0 Å². The first-order valence-corrected chi connectivity index (χ1v) is 6.56. The van der Waals surface area contributed by atoms with E-state index >= 15 is 0 Å². The van der Waals surface area contributed by atoms with Crippen molar-refractivity contribution < 1.29 is 4.74 Å². The molecule has 0 unspecified atom stereocenters. The summed E-state index contributed by atoms with van der Waals surface area (Å²) in [5.74, 6) is 1.63. The van der Waals surface area contributed by atoms with E-state index in [2.05, 4.69) is 24.8 Å². The quantitative estimate of drug-likeness (QED) is 0.788. The van der Waals surface area contributed by atoms with Gasteiger partial charge in [-0.05, 0) is 11.6 Å². The Labute approximate surface area is 114 Å². The molecule has 0 saturated carbocycles. The van der Waals surface area contributed by atoms with E-state index in [1.807, 2.05) is 54.6 Å². The number of rotatable bonds is 5. The van der Waals surface area contributed by atoms with Gasteiger partial charge in [0.25, 0.3) is 0 Å². The lowest BCUT2D eigenvalue weighted by atomic mass is 10.2. The standard InChI is InChI=1S/C16H16OS/c18-12-6-10-15-9-4-5-11-16(15)17-13-14-7-2-1-3-8-14/h1-11,18H,12-13H2. The van der Waals surface area contributed by atoms with Crippen molar-refractivity contribution in [2.75, 3.05) is 5.75 Å². The molecule has 0 atom stereocenters. The Hall–Kier alpha value is -1.67. The number of hydrogen-bond donors (Lipinski definition) is 1. The zero-order chi connectivity index (χ0) is 12.6. The van der Waals surface area contributed by atoms with Crippen LogP contribution in [0.1, 0.15) is 11.1 Å². The smallest absolute Gasteiger partial charge is 0.127 e. The summed E-state index contributed by atoms with van der Waals surface area (Å²) in [4.78, 5) is 0. The van der Waals surface area contributed by atoms with Gasteiger partial charge in [-0.2, -0.15) is 12.6 Å². The number of hydrogen-bond acceptors (Lipinski definition) is 2. The highest BCUT2D eigenvalue weighted by Crippen LogP contribution is 2.20. The van der Waals surface area contributed by atoms with Crippen LogP contribution >= 0.6 is 12.6 Å². The highest BCUT2D eigenvalue weighted by atomic mass is 32.1. The van der Waals surface area contributed by atoms with E-state index < -0.39 is 0 Å². The summed E-state index contributed by atoms with van der Waals surface area (Å²) in [6, 6.07) is 18.2. The molecule has 0 aliphatic heterocycles. The summed E-state index contributed by atoms with van der Waals surface area (Å²) in [5, 5.41) is 0. The summed E-state index contributed by atoms with van der Waals surface area (Å²) in [7, 11) is 0. The molecule has 0 fully saturated rings. The van der Waals surface area contributed by atoms with Crippen LogP contribution in [0, 0.1) is 0 Å². The molecule has 0 aliphatic rings. The zero-order valence-electron chi connectivity index (χ0n) is 10.1. The van der Waals surface area contributed by atoms with E-state index in [0.717, 1.165) is 17.1 Å². The highest BCUT2D eigenvalue weighted by molar-refractivity contribution is 7.80. The van der Waals surface area contributed by atoms with Gasteiger partial charge >= 0.3 is 0 Å². The summed E-state index contributed by atoms with van der Waals surface area (Å²) in [5.41, 5.74) is 2.26. The first kappa shape index (κ1) is 12.8. The van der Waals surface area contributed by atoms with Crippen molar-refractivity contribution in [2.45, 2.75) is 6.61 Å². The van der Waals surface area contributed by atoms with Crippen LogP contribution in [0.5, 0.6) is 5.75 Å². The van der Waals surface area contributed by atoms with Crippen LogP contribution in [0.25, 0.3) is 6.08 Å². The van der Waals surface area contributed by atoms with E-state index in [1.165, 1.54) is 5.56 Å². The lowest BCUT2D eigenvalue weighted by Gasteiger charge is -2.09. The van der Waals surface area contributed by atoms with Gasteiger partial charge < -0.3 is 4.74 Å². The van der Waals surface area contributed by atoms with Crippen molar-refractivity contribution in [1.82, 2.24) is 0 Å². The molecule has 2 heteroatoms. The summed E-state index contributed by atoms with van der Waals surface area (Å²) in [6.07, 6.45) is 4.04. The van der Waals surface area contributed by atoms with E-state index in [9.17, 15) is 0 Å². The SMILES string of the molecule is SCC=Cc1ccccc1OCc1ccccc1. The Morgan fingerprint density at radius 1 is 0.944 bits per heavy atom. The van der Waals surface area contributed by atoms with Gasteiger partial charge in [0.05, 0.1) is 0 Å². The Kier molecular flexibility index (Phi) is 4.91. The molecule has 0 N–H and O–H groups in total. The highest BCUT2D eigenvalue weighted by Gasteiger charge is 1.99. The molecular formula is C16H16OS. The monoisotopic (exact) mass is 256 g/mol. The average molecular weight is 256 g/mol. The predicted octanol–water partition coefficient (Wildman–Crippen LogP) is 4.21. The molecule has 1 nitrogen and oxygen atoms in total. The molecule has 0 spiro atoms. The maximum Gasteiger partial charge on any atom is 0.127 e. The van der Waals surface area contributed by atoms with Crippen LogP contribution in [-0.2, 0) is 6.61 Å². The van der Waals surface area contributed by atoms with Crippen molar-refractivity contribution in [3.8, 4) is 5.75 Å². The first-order valence-electron chi connectivity index (χ1n) is 5.93. The van der Waals surface area contributed by atoms with E-state index in [4.69, 9.17) is 4.74 Å². The lowest BCUT2D eigenvalue weighted by molar-refractivity contribution is 0.305. The topological polar surface area (TPSA) is 9.23 Å². The van der Waals surface area contributed by atoms with Gasteiger partial charge in [-0.1, -0.05) is 60.7 Å². The molecule has 0 radical (unpaired) electrons. The number of benzene rings is 2. The molecule has 0 bridgehead atoms. The minimum Gasteiger partial charge on any atom is -0.488 e. The van der Waals surface area contributed by atoms with Crippen molar-refractivity contribution in [1.29, 1.82) is 0 Å². The fourth-order valence-electron chi connectivity index (χ4n) is 1.66. The van der Waals surface area contributed by atoms with Crippen LogP contribution < -0.4 is 4.74 Å². The fourth-order valence-corrected chi connectivity index (χ4v) is 1.77. The first-order chi connectivity index (χ1) is 8.90. The van der Waals surface area contributed by atoms with Crippen LogP contribution in [0.3, 0.4) is 0 Å². The summed E-state index contributed by atoms with van der Waals surface area (Å²) < 4.78 is 5.84. The second kappa shape index (κ2) is 6.92. The molecule has 0 amide bonds. The van der Waals surface area contributed by atoms with Gasteiger partial charge in [-0.15, -0.1) is 0 Å². The van der Waals surface area contributed by atoms with Crippen molar-refractivity contribution in [3.05, 3.63) is 71.8 Å². The normalized spacial score (nSPS) is 10.7. The van der Waals surface area contributed by atoms with Gasteiger partial charge in [-0.3, -0.25) is 0 Å². The summed E-state index contributed by atoms with van der Waals surface area (Å²) in [6.45, 7) is 0.590. The fraction of sp³-hybridized carbons (Fsp3) is 0.125. The molecule has 0 aromatic heterocycles. The van der Waals surface area contributed by atoms with Crippen molar-refractivity contribution in [2.24, 2.45) is 0 Å². The zero-order valence-corrected chi connectivity index (χ0v) is 11.0. The Balaban J connectivity index is 2.07. The molecule has 2 aromatic carbocycles. The van der Waals surface area contributed by atoms with E-state index in [1.54, 1.807) is 0 Å². The Morgan fingerprint density at radius 2 is 1.67 bits per heavy atom. The maximum absolute atomic E-state index is 5.84. The van der Waals surface area contributed by atoms with Gasteiger partial charge in [-0.25, -0.2) is 0 Å². The molecular weight excluding hydrogens is 240 g/mol. The number of para-hydroxylation sites is 1. The minimum absolute atomic E-state index is 0.590. The minimum atomic E-state index is 0.590. The molecule has 92 valence electrons. The van der Waals surface area contributed by atoms with Crippen molar-refractivity contribution >= 4 is 18.7 Å². The largest absolute Gasteiger partial charge is 0.488 e. The Morgan fingerprint density at radius 3 is 2.44 bits per heavy atom. The van der Waals surface area contributed by atoms with E-state index in [-0.39, 0.29) is 0 Å². The average Bonchev–Trinajstić information content (AvgIpc) is 2.45. The second-order valence-corrected chi connectivity index (χ2v) is 4.26. The van der Waals surface area contributed by atoms with Crippen LogP contribution in [-0.4, -0.2) is 5.75 Å². The lowest BCUT2D eigenvalue weighted by Crippen LogP contribution is -1.96. The maximum atomic E-state index is 5.84. The third-order valence-electron chi connectivity index (χ3n) is 2.56. The third kappa shape index (κ3) is 3.67. The van der Waals surface area contributed by atoms with Gasteiger partial charge in [0.15, 0.2) is 0 Å². The number of thiol groups is 1.